The molecule has 4 heteroatoms. The highest BCUT2D eigenvalue weighted by Crippen LogP contribution is 2.39. The molecule has 2 fully saturated rings. The molecule has 2 atom stereocenters. The number of hydrogen-bond acceptors (Lipinski definition) is 2. The molecular formula is C11H18FNO2. The molecule has 2 bridgehead atoms. The van der Waals surface area contributed by atoms with Crippen LogP contribution in [-0.2, 0) is 4.79 Å². The van der Waals surface area contributed by atoms with Gasteiger partial charge in [-0.15, -0.1) is 0 Å². The normalized spacial score (nSPS) is 35.7. The maximum atomic E-state index is 12.3. The van der Waals surface area contributed by atoms with Gasteiger partial charge >= 0.3 is 5.97 Å². The number of nitrogens with zero attached hydrogens (tertiary/aromatic N) is 1. The van der Waals surface area contributed by atoms with Gasteiger partial charge in [0.15, 0.2) is 0 Å². The van der Waals surface area contributed by atoms with Crippen LogP contribution in [0.4, 0.5) is 4.39 Å². The fraction of sp³-hybridized carbons (Fsp3) is 0.909. The van der Waals surface area contributed by atoms with Gasteiger partial charge in [0.05, 0.1) is 0 Å². The van der Waals surface area contributed by atoms with Crippen LogP contribution in [0, 0.1) is 5.92 Å². The predicted molar refractivity (Wildman–Crippen MR) is 54.5 cm³/mol. The summed E-state index contributed by atoms with van der Waals surface area (Å²) in [4.78, 5) is 12.9. The topological polar surface area (TPSA) is 40.5 Å². The Morgan fingerprint density at radius 1 is 1.33 bits per heavy atom. The molecule has 0 amide bonds. The number of carbonyl (C=O) groups is 1. The summed E-state index contributed by atoms with van der Waals surface area (Å²) in [6.07, 6.45) is 4.43. The lowest BCUT2D eigenvalue weighted by atomic mass is 9.88. The fourth-order valence-electron chi connectivity index (χ4n) is 3.26. The highest BCUT2D eigenvalue weighted by Gasteiger charge is 2.40. The monoisotopic (exact) mass is 215 g/mol. The second kappa shape index (κ2) is 4.47. The van der Waals surface area contributed by atoms with Crippen molar-refractivity contribution in [1.82, 2.24) is 4.90 Å². The zero-order valence-corrected chi connectivity index (χ0v) is 8.86. The molecule has 2 aliphatic rings. The van der Waals surface area contributed by atoms with Crippen LogP contribution < -0.4 is 0 Å². The Kier molecular flexibility index (Phi) is 3.24. The number of carboxylic acid groups (broad SMARTS) is 1. The first kappa shape index (κ1) is 10.9. The highest BCUT2D eigenvalue weighted by atomic mass is 19.1. The Morgan fingerprint density at radius 2 is 1.93 bits per heavy atom. The van der Waals surface area contributed by atoms with Crippen LogP contribution >= 0.6 is 0 Å². The molecule has 0 aromatic rings. The molecule has 2 saturated heterocycles. The zero-order chi connectivity index (χ0) is 10.8. The Morgan fingerprint density at radius 3 is 2.40 bits per heavy atom. The number of halogens is 1. The lowest BCUT2D eigenvalue weighted by Crippen LogP contribution is -2.44. The minimum Gasteiger partial charge on any atom is -0.481 e. The molecule has 0 radical (unpaired) electrons. The Labute approximate surface area is 89.3 Å². The van der Waals surface area contributed by atoms with Crippen molar-refractivity contribution in [3.05, 3.63) is 0 Å². The van der Waals surface area contributed by atoms with Gasteiger partial charge in [-0.3, -0.25) is 9.69 Å². The number of aliphatic carboxylic acids is 1. The smallest absolute Gasteiger partial charge is 0.303 e. The Bertz CT molecular complexity index is 233. The summed E-state index contributed by atoms with van der Waals surface area (Å²) in [5.74, 6) is -0.380. The number of alkyl halides is 1. The second-order valence-corrected chi connectivity index (χ2v) is 4.75. The summed E-state index contributed by atoms with van der Waals surface area (Å²) >= 11 is 0. The summed E-state index contributed by atoms with van der Waals surface area (Å²) in [7, 11) is 0. The molecule has 3 nitrogen and oxygen atoms in total. The third-order valence-electron chi connectivity index (χ3n) is 3.79. The van der Waals surface area contributed by atoms with Crippen molar-refractivity contribution in [3.8, 4) is 0 Å². The predicted octanol–water partition coefficient (Wildman–Crippen LogP) is 1.67. The number of fused-ring (bicyclic) bond motifs is 2. The van der Waals surface area contributed by atoms with Gasteiger partial charge in [-0.1, -0.05) is 0 Å². The summed E-state index contributed by atoms with van der Waals surface area (Å²) in [6.45, 7) is 0.256. The summed E-state index contributed by atoms with van der Waals surface area (Å²) in [5.41, 5.74) is 0. The standard InChI is InChI=1S/C11H18FNO2/c12-3-4-13-9-1-2-10(13)6-8(5-9)7-11(14)15/h8-10H,1-7H2,(H,14,15). The van der Waals surface area contributed by atoms with Gasteiger partial charge in [-0.05, 0) is 31.6 Å². The van der Waals surface area contributed by atoms with Crippen molar-refractivity contribution in [1.29, 1.82) is 0 Å². The van der Waals surface area contributed by atoms with Gasteiger partial charge in [0, 0.05) is 25.0 Å². The van der Waals surface area contributed by atoms with E-state index in [0.717, 1.165) is 25.7 Å². The summed E-state index contributed by atoms with van der Waals surface area (Å²) in [5, 5.41) is 8.75. The minimum absolute atomic E-state index is 0.281. The van der Waals surface area contributed by atoms with Gasteiger partial charge in [-0.2, -0.15) is 0 Å². The van der Waals surface area contributed by atoms with Crippen LogP contribution in [0.1, 0.15) is 32.1 Å². The molecule has 2 rings (SSSR count). The highest BCUT2D eigenvalue weighted by molar-refractivity contribution is 5.67. The van der Waals surface area contributed by atoms with E-state index in [9.17, 15) is 9.18 Å². The van der Waals surface area contributed by atoms with E-state index in [1.54, 1.807) is 0 Å². The lowest BCUT2D eigenvalue weighted by Gasteiger charge is -2.38. The largest absolute Gasteiger partial charge is 0.481 e. The number of hydrogen-bond donors (Lipinski definition) is 1. The number of carboxylic acids is 1. The number of rotatable bonds is 4. The third kappa shape index (κ3) is 2.30. The molecule has 0 aromatic carbocycles. The average molecular weight is 215 g/mol. The molecule has 2 aliphatic heterocycles. The van der Waals surface area contributed by atoms with Crippen LogP contribution in [0.25, 0.3) is 0 Å². The van der Waals surface area contributed by atoms with E-state index >= 15 is 0 Å². The van der Waals surface area contributed by atoms with Gasteiger partial charge in [-0.25, -0.2) is 4.39 Å². The third-order valence-corrected chi connectivity index (χ3v) is 3.79. The number of piperidine rings is 1. The molecule has 0 aliphatic carbocycles. The van der Waals surface area contributed by atoms with E-state index in [4.69, 9.17) is 5.11 Å². The van der Waals surface area contributed by atoms with Crippen molar-refractivity contribution in [3.63, 3.8) is 0 Å². The van der Waals surface area contributed by atoms with Gasteiger partial charge < -0.3 is 5.11 Å². The molecule has 2 unspecified atom stereocenters. The van der Waals surface area contributed by atoms with Gasteiger partial charge in [0.1, 0.15) is 6.67 Å². The molecule has 0 saturated carbocycles. The van der Waals surface area contributed by atoms with E-state index in [0.29, 0.717) is 24.5 Å². The maximum Gasteiger partial charge on any atom is 0.303 e. The summed E-state index contributed by atoms with van der Waals surface area (Å²) < 4.78 is 12.3. The van der Waals surface area contributed by atoms with E-state index in [2.05, 4.69) is 4.90 Å². The van der Waals surface area contributed by atoms with E-state index in [1.165, 1.54) is 0 Å². The summed E-state index contributed by atoms with van der Waals surface area (Å²) in [6, 6.07) is 0.896. The molecule has 86 valence electrons. The van der Waals surface area contributed by atoms with Crippen molar-refractivity contribution < 1.29 is 14.3 Å². The Balaban J connectivity index is 1.92. The molecular weight excluding hydrogens is 197 g/mol. The van der Waals surface area contributed by atoms with Gasteiger partial charge in [0.25, 0.3) is 0 Å². The van der Waals surface area contributed by atoms with Crippen molar-refractivity contribution in [2.24, 2.45) is 5.92 Å². The lowest BCUT2D eigenvalue weighted by molar-refractivity contribution is -0.138. The molecule has 15 heavy (non-hydrogen) atoms. The van der Waals surface area contributed by atoms with Crippen molar-refractivity contribution in [2.75, 3.05) is 13.2 Å². The fourth-order valence-corrected chi connectivity index (χ4v) is 3.26. The van der Waals surface area contributed by atoms with Crippen LogP contribution in [0.15, 0.2) is 0 Å². The first-order valence-electron chi connectivity index (χ1n) is 5.74. The van der Waals surface area contributed by atoms with Crippen LogP contribution in [0.3, 0.4) is 0 Å². The van der Waals surface area contributed by atoms with Crippen LogP contribution in [-0.4, -0.2) is 41.3 Å². The Hall–Kier alpha value is -0.640. The molecule has 0 spiro atoms. The minimum atomic E-state index is -0.696. The van der Waals surface area contributed by atoms with E-state index in [-0.39, 0.29) is 13.1 Å². The molecule has 2 heterocycles. The first-order chi connectivity index (χ1) is 7.20. The zero-order valence-electron chi connectivity index (χ0n) is 8.86. The second-order valence-electron chi connectivity index (χ2n) is 4.75. The first-order valence-corrected chi connectivity index (χ1v) is 5.74. The van der Waals surface area contributed by atoms with Crippen molar-refractivity contribution in [2.45, 2.75) is 44.2 Å². The van der Waals surface area contributed by atoms with Crippen molar-refractivity contribution >= 4 is 5.97 Å². The maximum absolute atomic E-state index is 12.3. The van der Waals surface area contributed by atoms with Crippen LogP contribution in [0.2, 0.25) is 0 Å². The molecule has 0 aromatic heterocycles. The van der Waals surface area contributed by atoms with E-state index < -0.39 is 5.97 Å². The SMILES string of the molecule is O=C(O)CC1CC2CCC(C1)N2CCF. The molecule has 1 N–H and O–H groups in total. The average Bonchev–Trinajstić information content (AvgIpc) is 2.43. The quantitative estimate of drug-likeness (QED) is 0.775. The van der Waals surface area contributed by atoms with Crippen LogP contribution in [0.5, 0.6) is 0 Å². The van der Waals surface area contributed by atoms with E-state index in [1.807, 2.05) is 0 Å². The van der Waals surface area contributed by atoms with Gasteiger partial charge in [0.2, 0.25) is 0 Å².